The minimum Gasteiger partial charge on any atom is -0.428 e. The Bertz CT molecular complexity index is 198. The molecule has 0 aliphatic rings. The third kappa shape index (κ3) is 1.86. The van der Waals surface area contributed by atoms with Gasteiger partial charge in [-0.1, -0.05) is 12.1 Å². The normalized spacial score (nSPS) is 9.11. The summed E-state index contributed by atoms with van der Waals surface area (Å²) in [6, 6.07) is 7.94. The van der Waals surface area contributed by atoms with E-state index in [1.165, 1.54) is 5.56 Å². The first kappa shape index (κ1) is 6.86. The highest BCUT2D eigenvalue weighted by molar-refractivity contribution is 14.1. The molecule has 0 bridgehead atoms. The standard InChI is InChI=1S/C7H7IO/c1-6-3-2-4-7(5-6)9-8/h2-5H,1H3. The molecule has 0 aliphatic carbocycles. The van der Waals surface area contributed by atoms with E-state index in [9.17, 15) is 0 Å². The fourth-order valence-corrected chi connectivity index (χ4v) is 0.937. The Morgan fingerprint density at radius 1 is 1.44 bits per heavy atom. The molecule has 1 aromatic carbocycles. The third-order valence-corrected chi connectivity index (χ3v) is 1.59. The maximum atomic E-state index is 4.96. The minimum atomic E-state index is 0.913. The molecule has 0 fully saturated rings. The van der Waals surface area contributed by atoms with Crippen molar-refractivity contribution in [1.82, 2.24) is 0 Å². The van der Waals surface area contributed by atoms with Crippen molar-refractivity contribution in [1.29, 1.82) is 0 Å². The predicted molar refractivity (Wildman–Crippen MR) is 45.8 cm³/mol. The van der Waals surface area contributed by atoms with E-state index < -0.39 is 0 Å². The number of benzene rings is 1. The highest BCUT2D eigenvalue weighted by atomic mass is 127. The van der Waals surface area contributed by atoms with Crippen LogP contribution in [-0.2, 0) is 0 Å². The Balaban J connectivity index is 2.94. The monoisotopic (exact) mass is 234 g/mol. The molecule has 0 spiro atoms. The quantitative estimate of drug-likeness (QED) is 0.679. The molecule has 0 aliphatic heterocycles. The maximum Gasteiger partial charge on any atom is 0.192 e. The van der Waals surface area contributed by atoms with E-state index in [1.807, 2.05) is 54.2 Å². The van der Waals surface area contributed by atoms with Gasteiger partial charge in [-0.2, -0.15) is 0 Å². The van der Waals surface area contributed by atoms with E-state index in [1.54, 1.807) is 0 Å². The van der Waals surface area contributed by atoms with Crippen molar-refractivity contribution in [3.8, 4) is 5.75 Å². The summed E-state index contributed by atoms with van der Waals surface area (Å²) < 4.78 is 4.96. The highest BCUT2D eigenvalue weighted by Crippen LogP contribution is 2.13. The summed E-state index contributed by atoms with van der Waals surface area (Å²) in [5.74, 6) is 0.913. The molecule has 48 valence electrons. The zero-order chi connectivity index (χ0) is 6.69. The van der Waals surface area contributed by atoms with Crippen LogP contribution < -0.4 is 3.07 Å². The number of halogens is 1. The number of rotatable bonds is 1. The lowest BCUT2D eigenvalue weighted by Crippen LogP contribution is -1.74. The average molecular weight is 234 g/mol. The second kappa shape index (κ2) is 3.06. The largest absolute Gasteiger partial charge is 0.428 e. The van der Waals surface area contributed by atoms with Gasteiger partial charge in [0.2, 0.25) is 0 Å². The van der Waals surface area contributed by atoms with E-state index in [4.69, 9.17) is 3.07 Å². The molecule has 0 N–H and O–H groups in total. The summed E-state index contributed by atoms with van der Waals surface area (Å²) in [4.78, 5) is 0. The first-order valence-electron chi connectivity index (χ1n) is 2.68. The fraction of sp³-hybridized carbons (Fsp3) is 0.143. The predicted octanol–water partition coefficient (Wildman–Crippen LogP) is 2.72. The van der Waals surface area contributed by atoms with E-state index in [0.29, 0.717) is 0 Å². The van der Waals surface area contributed by atoms with Gasteiger partial charge in [-0.15, -0.1) is 0 Å². The van der Waals surface area contributed by atoms with Crippen LogP contribution in [0.5, 0.6) is 5.75 Å². The molecule has 2 heteroatoms. The molecule has 1 rings (SSSR count). The molecule has 1 nitrogen and oxygen atoms in total. The van der Waals surface area contributed by atoms with E-state index in [0.717, 1.165) is 5.75 Å². The van der Waals surface area contributed by atoms with E-state index >= 15 is 0 Å². The molecule has 0 radical (unpaired) electrons. The first-order valence-corrected chi connectivity index (χ1v) is 3.56. The Labute approximate surface area is 68.7 Å². The van der Waals surface area contributed by atoms with Crippen molar-refractivity contribution < 1.29 is 3.07 Å². The lowest BCUT2D eigenvalue weighted by molar-refractivity contribution is 0.716. The summed E-state index contributed by atoms with van der Waals surface area (Å²) in [6.45, 7) is 2.04. The summed E-state index contributed by atoms with van der Waals surface area (Å²) in [5.41, 5.74) is 1.23. The summed E-state index contributed by atoms with van der Waals surface area (Å²) in [7, 11) is 0. The first-order chi connectivity index (χ1) is 4.33. The van der Waals surface area contributed by atoms with Gasteiger partial charge in [0.05, 0.1) is 0 Å². The van der Waals surface area contributed by atoms with Crippen molar-refractivity contribution in [3.05, 3.63) is 29.8 Å². The smallest absolute Gasteiger partial charge is 0.192 e. The van der Waals surface area contributed by atoms with Gasteiger partial charge in [-0.25, -0.2) is 0 Å². The lowest BCUT2D eigenvalue weighted by Gasteiger charge is -1.95. The van der Waals surface area contributed by atoms with Crippen molar-refractivity contribution in [3.63, 3.8) is 0 Å². The van der Waals surface area contributed by atoms with Crippen LogP contribution in [0.15, 0.2) is 24.3 Å². The van der Waals surface area contributed by atoms with Crippen LogP contribution in [0.3, 0.4) is 0 Å². The molecule has 0 aromatic heterocycles. The fourth-order valence-electron chi connectivity index (χ4n) is 0.663. The third-order valence-electron chi connectivity index (χ3n) is 1.08. The Kier molecular flexibility index (Phi) is 2.33. The number of hydrogen-bond acceptors (Lipinski definition) is 1. The van der Waals surface area contributed by atoms with Crippen molar-refractivity contribution in [2.75, 3.05) is 0 Å². The van der Waals surface area contributed by atoms with Crippen LogP contribution in [0, 0.1) is 6.92 Å². The van der Waals surface area contributed by atoms with Crippen LogP contribution in [0.4, 0.5) is 0 Å². The van der Waals surface area contributed by atoms with Crippen LogP contribution in [-0.4, -0.2) is 0 Å². The van der Waals surface area contributed by atoms with Gasteiger partial charge < -0.3 is 3.07 Å². The zero-order valence-electron chi connectivity index (χ0n) is 5.10. The molecule has 0 saturated carbocycles. The van der Waals surface area contributed by atoms with Gasteiger partial charge in [0.1, 0.15) is 5.75 Å². The van der Waals surface area contributed by atoms with Gasteiger partial charge in [0, 0.05) is 0 Å². The van der Waals surface area contributed by atoms with Gasteiger partial charge in [-0.3, -0.25) is 0 Å². The SMILES string of the molecule is Cc1cccc(OI)c1. The molecule has 9 heavy (non-hydrogen) atoms. The van der Waals surface area contributed by atoms with E-state index in [-0.39, 0.29) is 0 Å². The van der Waals surface area contributed by atoms with Crippen LogP contribution >= 0.6 is 23.0 Å². The van der Waals surface area contributed by atoms with Crippen LogP contribution in [0.25, 0.3) is 0 Å². The molecular weight excluding hydrogens is 227 g/mol. The molecule has 0 saturated heterocycles. The van der Waals surface area contributed by atoms with Crippen molar-refractivity contribution >= 4 is 23.0 Å². The van der Waals surface area contributed by atoms with Crippen molar-refractivity contribution in [2.45, 2.75) is 6.92 Å². The minimum absolute atomic E-state index is 0.913. The Hall–Kier alpha value is -0.250. The Morgan fingerprint density at radius 2 is 2.22 bits per heavy atom. The molecule has 1 aromatic rings. The van der Waals surface area contributed by atoms with E-state index in [2.05, 4.69) is 0 Å². The summed E-state index contributed by atoms with van der Waals surface area (Å²) in [5, 5.41) is 0. The van der Waals surface area contributed by atoms with Gasteiger partial charge in [0.25, 0.3) is 0 Å². The lowest BCUT2D eigenvalue weighted by atomic mass is 10.2. The van der Waals surface area contributed by atoms with Gasteiger partial charge in [-0.05, 0) is 24.6 Å². The maximum absolute atomic E-state index is 4.96. The number of hydrogen-bond donors (Lipinski definition) is 0. The molecule has 0 heterocycles. The molecule has 0 unspecified atom stereocenters. The average Bonchev–Trinajstić information content (AvgIpc) is 1.88. The second-order valence-electron chi connectivity index (χ2n) is 1.89. The van der Waals surface area contributed by atoms with Gasteiger partial charge in [0.15, 0.2) is 23.0 Å². The van der Waals surface area contributed by atoms with Crippen molar-refractivity contribution in [2.24, 2.45) is 0 Å². The zero-order valence-corrected chi connectivity index (χ0v) is 7.25. The highest BCUT2D eigenvalue weighted by Gasteiger charge is 1.88. The van der Waals surface area contributed by atoms with Crippen LogP contribution in [0.1, 0.15) is 5.56 Å². The molecule has 0 amide bonds. The molecule has 0 atom stereocenters. The topological polar surface area (TPSA) is 9.23 Å². The van der Waals surface area contributed by atoms with Crippen LogP contribution in [0.2, 0.25) is 0 Å². The molecular formula is C7H7IO. The van der Waals surface area contributed by atoms with Gasteiger partial charge >= 0.3 is 0 Å². The summed E-state index contributed by atoms with van der Waals surface area (Å²) in [6.07, 6.45) is 0. The second-order valence-corrected chi connectivity index (χ2v) is 2.33. The number of aryl methyl sites for hydroxylation is 1. The Morgan fingerprint density at radius 3 is 2.67 bits per heavy atom. The summed E-state index contributed by atoms with van der Waals surface area (Å²) >= 11 is 1.87.